The van der Waals surface area contributed by atoms with Crippen LogP contribution < -0.4 is 0 Å². The molecule has 0 saturated heterocycles. The quantitative estimate of drug-likeness (QED) is 0.625. The molecule has 0 fully saturated rings. The highest BCUT2D eigenvalue weighted by Gasteiger charge is 2.14. The fourth-order valence-corrected chi connectivity index (χ4v) is 1.93. The van der Waals surface area contributed by atoms with E-state index in [1.807, 2.05) is 30.3 Å². The molecule has 0 N–H and O–H groups in total. The lowest BCUT2D eigenvalue weighted by atomic mass is 10.0. The van der Waals surface area contributed by atoms with Crippen LogP contribution in [0.2, 0.25) is 0 Å². The van der Waals surface area contributed by atoms with Gasteiger partial charge >= 0.3 is 11.9 Å². The maximum Gasteiger partial charge on any atom is 0.339 e. The normalized spacial score (nSPS) is 10.1. The summed E-state index contributed by atoms with van der Waals surface area (Å²) in [7, 11) is 0. The fourth-order valence-electron chi connectivity index (χ4n) is 1.93. The van der Waals surface area contributed by atoms with Crippen LogP contribution in [-0.4, -0.2) is 25.2 Å². The first kappa shape index (κ1) is 14.8. The molecule has 0 aliphatic carbocycles. The van der Waals surface area contributed by atoms with Crippen LogP contribution in [0.4, 0.5) is 0 Å². The molecule has 0 spiro atoms. The second-order valence-corrected chi connectivity index (χ2v) is 4.43. The summed E-state index contributed by atoms with van der Waals surface area (Å²) in [4.78, 5) is 23.5. The van der Waals surface area contributed by atoms with Gasteiger partial charge in [0.25, 0.3) is 0 Å². The highest BCUT2D eigenvalue weighted by molar-refractivity contribution is 6.04. The molecule has 0 aromatic heterocycles. The SMILES string of the molecule is C=C(COC(=O)c1cccc2ccccc12)C(=O)OCC. The number of ether oxygens (including phenoxy) is 2. The van der Waals surface area contributed by atoms with E-state index in [9.17, 15) is 9.59 Å². The molecule has 0 heterocycles. The largest absolute Gasteiger partial charge is 0.463 e. The van der Waals surface area contributed by atoms with Crippen molar-refractivity contribution >= 4 is 22.7 Å². The molecular weight excluding hydrogens is 268 g/mol. The first-order valence-corrected chi connectivity index (χ1v) is 6.63. The molecule has 108 valence electrons. The van der Waals surface area contributed by atoms with Crippen molar-refractivity contribution in [1.29, 1.82) is 0 Å². The number of carbonyl (C=O) groups excluding carboxylic acids is 2. The lowest BCUT2D eigenvalue weighted by Crippen LogP contribution is -2.15. The number of fused-ring (bicyclic) bond motifs is 1. The number of esters is 2. The Morgan fingerprint density at radius 3 is 2.52 bits per heavy atom. The summed E-state index contributed by atoms with van der Waals surface area (Å²) in [5.74, 6) is -1.04. The minimum atomic E-state index is -0.553. The second-order valence-electron chi connectivity index (χ2n) is 4.43. The lowest BCUT2D eigenvalue weighted by molar-refractivity contribution is -0.138. The van der Waals surface area contributed by atoms with Gasteiger partial charge in [0.1, 0.15) is 6.61 Å². The third-order valence-corrected chi connectivity index (χ3v) is 2.95. The molecule has 0 amide bonds. The molecule has 4 heteroatoms. The van der Waals surface area contributed by atoms with Crippen molar-refractivity contribution in [2.45, 2.75) is 6.92 Å². The van der Waals surface area contributed by atoms with Gasteiger partial charge in [-0.3, -0.25) is 0 Å². The monoisotopic (exact) mass is 284 g/mol. The highest BCUT2D eigenvalue weighted by Crippen LogP contribution is 2.19. The van der Waals surface area contributed by atoms with Gasteiger partial charge in [0.15, 0.2) is 0 Å². The topological polar surface area (TPSA) is 52.6 Å². The Morgan fingerprint density at radius 2 is 1.76 bits per heavy atom. The summed E-state index contributed by atoms with van der Waals surface area (Å²) >= 11 is 0. The summed E-state index contributed by atoms with van der Waals surface area (Å²) in [6, 6.07) is 12.9. The standard InChI is InChI=1S/C17H16O4/c1-3-20-16(18)12(2)11-21-17(19)15-10-6-8-13-7-4-5-9-14(13)15/h4-10H,2-3,11H2,1H3. The summed E-state index contributed by atoms with van der Waals surface area (Å²) in [5.41, 5.74) is 0.579. The number of rotatable bonds is 5. The van der Waals surface area contributed by atoms with Crippen molar-refractivity contribution in [2.24, 2.45) is 0 Å². The van der Waals surface area contributed by atoms with Crippen LogP contribution in [0.5, 0.6) is 0 Å². The maximum absolute atomic E-state index is 12.1. The molecule has 0 saturated carbocycles. The van der Waals surface area contributed by atoms with Crippen molar-refractivity contribution < 1.29 is 19.1 Å². The van der Waals surface area contributed by atoms with E-state index < -0.39 is 11.9 Å². The number of hydrogen-bond donors (Lipinski definition) is 0. The molecule has 4 nitrogen and oxygen atoms in total. The zero-order chi connectivity index (χ0) is 15.2. The second kappa shape index (κ2) is 6.70. The van der Waals surface area contributed by atoms with Crippen LogP contribution in [0.25, 0.3) is 10.8 Å². The van der Waals surface area contributed by atoms with Crippen molar-refractivity contribution in [3.8, 4) is 0 Å². The third kappa shape index (κ3) is 3.48. The summed E-state index contributed by atoms with van der Waals surface area (Å²) in [6.07, 6.45) is 0. The molecule has 2 aromatic carbocycles. The summed E-state index contributed by atoms with van der Waals surface area (Å²) in [5, 5.41) is 1.77. The lowest BCUT2D eigenvalue weighted by Gasteiger charge is -2.08. The van der Waals surface area contributed by atoms with Gasteiger partial charge in [-0.05, 0) is 23.8 Å². The van der Waals surface area contributed by atoms with E-state index in [0.717, 1.165) is 10.8 Å². The predicted octanol–water partition coefficient (Wildman–Crippen LogP) is 3.12. The Bertz CT molecular complexity index is 683. The number of hydrogen-bond acceptors (Lipinski definition) is 4. The van der Waals surface area contributed by atoms with Gasteiger partial charge in [0.05, 0.1) is 17.7 Å². The van der Waals surface area contributed by atoms with E-state index in [4.69, 9.17) is 9.47 Å². The average molecular weight is 284 g/mol. The first-order valence-electron chi connectivity index (χ1n) is 6.63. The van der Waals surface area contributed by atoms with E-state index in [1.54, 1.807) is 19.1 Å². The van der Waals surface area contributed by atoms with Crippen molar-refractivity contribution in [1.82, 2.24) is 0 Å². The van der Waals surface area contributed by atoms with E-state index in [-0.39, 0.29) is 18.8 Å². The van der Waals surface area contributed by atoms with Crippen LogP contribution in [0, 0.1) is 0 Å². The van der Waals surface area contributed by atoms with Gasteiger partial charge in [-0.2, -0.15) is 0 Å². The molecule has 0 aliphatic heterocycles. The molecular formula is C17H16O4. The van der Waals surface area contributed by atoms with Crippen LogP contribution in [0.15, 0.2) is 54.6 Å². The predicted molar refractivity (Wildman–Crippen MR) is 80.0 cm³/mol. The molecule has 0 bridgehead atoms. The van der Waals surface area contributed by atoms with Crippen molar-refractivity contribution in [3.63, 3.8) is 0 Å². The van der Waals surface area contributed by atoms with Crippen LogP contribution >= 0.6 is 0 Å². The van der Waals surface area contributed by atoms with Crippen molar-refractivity contribution in [3.05, 3.63) is 60.2 Å². The molecule has 21 heavy (non-hydrogen) atoms. The average Bonchev–Trinajstić information content (AvgIpc) is 2.51. The Kier molecular flexibility index (Phi) is 4.72. The van der Waals surface area contributed by atoms with Crippen LogP contribution in [0.1, 0.15) is 17.3 Å². The van der Waals surface area contributed by atoms with Gasteiger partial charge in [0.2, 0.25) is 0 Å². The molecule has 0 atom stereocenters. The Labute approximate surface area is 123 Å². The first-order chi connectivity index (χ1) is 10.1. The number of carbonyl (C=O) groups is 2. The van der Waals surface area contributed by atoms with Crippen LogP contribution in [0.3, 0.4) is 0 Å². The van der Waals surface area contributed by atoms with Gasteiger partial charge in [-0.15, -0.1) is 0 Å². The Morgan fingerprint density at radius 1 is 1.05 bits per heavy atom. The van der Waals surface area contributed by atoms with E-state index in [1.165, 1.54) is 0 Å². The molecule has 0 radical (unpaired) electrons. The molecule has 2 aromatic rings. The van der Waals surface area contributed by atoms with Gasteiger partial charge in [0, 0.05) is 0 Å². The summed E-state index contributed by atoms with van der Waals surface area (Å²) in [6.45, 7) is 5.33. The minimum Gasteiger partial charge on any atom is -0.463 e. The van der Waals surface area contributed by atoms with Gasteiger partial charge in [-0.25, -0.2) is 9.59 Å². The van der Waals surface area contributed by atoms with Gasteiger partial charge < -0.3 is 9.47 Å². The van der Waals surface area contributed by atoms with E-state index in [0.29, 0.717) is 5.56 Å². The molecule has 0 unspecified atom stereocenters. The van der Waals surface area contributed by atoms with Gasteiger partial charge in [-0.1, -0.05) is 43.0 Å². The number of benzene rings is 2. The Hall–Kier alpha value is -2.62. The minimum absolute atomic E-state index is 0.116. The smallest absolute Gasteiger partial charge is 0.339 e. The van der Waals surface area contributed by atoms with Crippen LogP contribution in [-0.2, 0) is 14.3 Å². The zero-order valence-corrected chi connectivity index (χ0v) is 11.8. The maximum atomic E-state index is 12.1. The molecule has 0 aliphatic rings. The zero-order valence-electron chi connectivity index (χ0n) is 11.8. The summed E-state index contributed by atoms with van der Waals surface area (Å²) < 4.78 is 9.91. The van der Waals surface area contributed by atoms with E-state index in [2.05, 4.69) is 6.58 Å². The van der Waals surface area contributed by atoms with Crippen molar-refractivity contribution in [2.75, 3.05) is 13.2 Å². The fraction of sp³-hybridized carbons (Fsp3) is 0.176. The third-order valence-electron chi connectivity index (χ3n) is 2.95. The molecule has 2 rings (SSSR count). The Balaban J connectivity index is 2.09. The highest BCUT2D eigenvalue weighted by atomic mass is 16.5. The van der Waals surface area contributed by atoms with E-state index >= 15 is 0 Å².